The Morgan fingerprint density at radius 2 is 1.88 bits per heavy atom. The van der Waals surface area contributed by atoms with Crippen LogP contribution < -0.4 is 10.2 Å². The highest BCUT2D eigenvalue weighted by molar-refractivity contribution is 6.30. The maximum absolute atomic E-state index is 13.6. The number of carbonyl (C=O) groups excluding carboxylic acids is 1. The van der Waals surface area contributed by atoms with E-state index < -0.39 is 0 Å². The molecule has 1 aliphatic heterocycles. The number of hydrogen-bond donors (Lipinski definition) is 1. The van der Waals surface area contributed by atoms with E-state index in [2.05, 4.69) is 10.2 Å². The van der Waals surface area contributed by atoms with E-state index >= 15 is 0 Å². The zero-order chi connectivity index (χ0) is 17.8. The van der Waals surface area contributed by atoms with E-state index in [-0.39, 0.29) is 18.4 Å². The number of rotatable bonds is 3. The molecule has 2 aromatic rings. The van der Waals surface area contributed by atoms with Crippen LogP contribution >= 0.6 is 11.6 Å². The second kappa shape index (κ2) is 7.74. The van der Waals surface area contributed by atoms with Gasteiger partial charge in [0.25, 0.3) is 0 Å². The van der Waals surface area contributed by atoms with Gasteiger partial charge in [0.2, 0.25) is 0 Å². The Morgan fingerprint density at radius 1 is 1.16 bits per heavy atom. The lowest BCUT2D eigenvalue weighted by Crippen LogP contribution is -2.51. The van der Waals surface area contributed by atoms with Gasteiger partial charge in [-0.15, -0.1) is 0 Å². The molecule has 0 atom stereocenters. The number of urea groups is 1. The van der Waals surface area contributed by atoms with E-state index in [1.807, 2.05) is 25.1 Å². The number of piperazine rings is 1. The van der Waals surface area contributed by atoms with Gasteiger partial charge in [-0.3, -0.25) is 0 Å². The Labute approximate surface area is 152 Å². The summed E-state index contributed by atoms with van der Waals surface area (Å²) in [6.45, 7) is 5.01. The normalized spacial score (nSPS) is 14.5. The van der Waals surface area contributed by atoms with Crippen molar-refractivity contribution >= 4 is 23.3 Å². The number of nitrogens with zero attached hydrogens (tertiary/aromatic N) is 2. The molecule has 132 valence electrons. The van der Waals surface area contributed by atoms with Crippen LogP contribution in [0.15, 0.2) is 42.5 Å². The monoisotopic (exact) mass is 361 g/mol. The maximum atomic E-state index is 13.6. The smallest absolute Gasteiger partial charge is 0.317 e. The standard InChI is InChI=1S/C19H21ClFN3O/c1-14-12-16(20)6-7-18(14)23-8-10-24(11-9-23)19(25)22-13-15-4-2-3-5-17(15)21/h2-7,12H,8-11,13H2,1H3,(H,22,25). The van der Waals surface area contributed by atoms with Crippen molar-refractivity contribution < 1.29 is 9.18 Å². The summed E-state index contributed by atoms with van der Waals surface area (Å²) in [4.78, 5) is 16.3. The lowest BCUT2D eigenvalue weighted by molar-refractivity contribution is 0.194. The third kappa shape index (κ3) is 4.23. The summed E-state index contributed by atoms with van der Waals surface area (Å²) in [7, 11) is 0. The van der Waals surface area contributed by atoms with Crippen molar-refractivity contribution in [3.63, 3.8) is 0 Å². The van der Waals surface area contributed by atoms with E-state index in [0.717, 1.165) is 29.4 Å². The molecule has 2 aromatic carbocycles. The second-order valence-corrected chi connectivity index (χ2v) is 6.59. The summed E-state index contributed by atoms with van der Waals surface area (Å²) in [5, 5.41) is 3.52. The van der Waals surface area contributed by atoms with Gasteiger partial charge in [0.1, 0.15) is 5.82 Å². The molecule has 3 rings (SSSR count). The van der Waals surface area contributed by atoms with E-state index in [1.165, 1.54) is 6.07 Å². The van der Waals surface area contributed by atoms with Crippen molar-refractivity contribution in [2.24, 2.45) is 0 Å². The predicted octanol–water partition coefficient (Wildman–Crippen LogP) is 3.82. The molecule has 0 bridgehead atoms. The molecule has 1 heterocycles. The average molecular weight is 362 g/mol. The average Bonchev–Trinajstić information content (AvgIpc) is 2.61. The quantitative estimate of drug-likeness (QED) is 0.902. The summed E-state index contributed by atoms with van der Waals surface area (Å²) < 4.78 is 13.6. The molecule has 1 fully saturated rings. The molecular weight excluding hydrogens is 341 g/mol. The fourth-order valence-electron chi connectivity index (χ4n) is 3.05. The lowest BCUT2D eigenvalue weighted by atomic mass is 10.1. The lowest BCUT2D eigenvalue weighted by Gasteiger charge is -2.36. The second-order valence-electron chi connectivity index (χ2n) is 6.16. The van der Waals surface area contributed by atoms with Crippen LogP contribution in [0.2, 0.25) is 5.02 Å². The summed E-state index contributed by atoms with van der Waals surface area (Å²) in [5.41, 5.74) is 2.77. The first-order chi connectivity index (χ1) is 12.0. The molecule has 6 heteroatoms. The zero-order valence-electron chi connectivity index (χ0n) is 14.1. The summed E-state index contributed by atoms with van der Waals surface area (Å²) >= 11 is 6.01. The van der Waals surface area contributed by atoms with Crippen LogP contribution in [0.3, 0.4) is 0 Å². The summed E-state index contributed by atoms with van der Waals surface area (Å²) in [6, 6.07) is 12.2. The van der Waals surface area contributed by atoms with Crippen molar-refractivity contribution in [3.05, 3.63) is 64.4 Å². The Balaban J connectivity index is 1.53. The number of nitrogens with one attached hydrogen (secondary N) is 1. The molecule has 0 radical (unpaired) electrons. The number of hydrogen-bond acceptors (Lipinski definition) is 2. The van der Waals surface area contributed by atoms with Crippen molar-refractivity contribution in [2.75, 3.05) is 31.1 Å². The molecule has 0 saturated carbocycles. The van der Waals surface area contributed by atoms with Gasteiger partial charge in [-0.1, -0.05) is 29.8 Å². The Morgan fingerprint density at radius 3 is 2.56 bits per heavy atom. The van der Waals surface area contributed by atoms with Crippen molar-refractivity contribution in [2.45, 2.75) is 13.5 Å². The van der Waals surface area contributed by atoms with Gasteiger partial charge in [0.05, 0.1) is 0 Å². The van der Waals surface area contributed by atoms with Crippen LogP contribution in [-0.2, 0) is 6.54 Å². The van der Waals surface area contributed by atoms with E-state index in [4.69, 9.17) is 11.6 Å². The highest BCUT2D eigenvalue weighted by Gasteiger charge is 2.22. The van der Waals surface area contributed by atoms with Gasteiger partial charge in [-0.05, 0) is 36.8 Å². The van der Waals surface area contributed by atoms with Crippen LogP contribution in [-0.4, -0.2) is 37.1 Å². The first-order valence-corrected chi connectivity index (χ1v) is 8.69. The molecule has 0 unspecified atom stereocenters. The summed E-state index contributed by atoms with van der Waals surface area (Å²) in [6.07, 6.45) is 0. The summed E-state index contributed by atoms with van der Waals surface area (Å²) in [5.74, 6) is -0.300. The zero-order valence-corrected chi connectivity index (χ0v) is 14.9. The van der Waals surface area contributed by atoms with E-state index in [9.17, 15) is 9.18 Å². The molecule has 1 saturated heterocycles. The number of aryl methyl sites for hydroxylation is 1. The molecule has 0 aromatic heterocycles. The molecule has 0 aliphatic carbocycles. The van der Waals surface area contributed by atoms with Crippen molar-refractivity contribution in [1.29, 1.82) is 0 Å². The topological polar surface area (TPSA) is 35.6 Å². The fraction of sp³-hybridized carbons (Fsp3) is 0.316. The first kappa shape index (κ1) is 17.5. The maximum Gasteiger partial charge on any atom is 0.317 e. The molecule has 25 heavy (non-hydrogen) atoms. The van der Waals surface area contributed by atoms with Gasteiger partial charge in [-0.2, -0.15) is 0 Å². The molecular formula is C19H21ClFN3O. The number of carbonyl (C=O) groups is 1. The number of anilines is 1. The first-order valence-electron chi connectivity index (χ1n) is 8.32. The van der Waals surface area contributed by atoms with Gasteiger partial charge >= 0.3 is 6.03 Å². The fourth-order valence-corrected chi connectivity index (χ4v) is 3.28. The minimum Gasteiger partial charge on any atom is -0.368 e. The Bertz CT molecular complexity index is 760. The third-order valence-electron chi connectivity index (χ3n) is 4.45. The van der Waals surface area contributed by atoms with E-state index in [0.29, 0.717) is 18.7 Å². The van der Waals surface area contributed by atoms with Crippen molar-refractivity contribution in [3.8, 4) is 0 Å². The third-order valence-corrected chi connectivity index (χ3v) is 4.69. The van der Waals surface area contributed by atoms with Gasteiger partial charge < -0.3 is 15.1 Å². The van der Waals surface area contributed by atoms with Crippen molar-refractivity contribution in [1.82, 2.24) is 10.2 Å². The Kier molecular flexibility index (Phi) is 5.43. The van der Waals surface area contributed by atoms with E-state index in [1.54, 1.807) is 23.1 Å². The molecule has 0 spiro atoms. The molecule has 4 nitrogen and oxygen atoms in total. The van der Waals surface area contributed by atoms with Crippen LogP contribution in [0.1, 0.15) is 11.1 Å². The molecule has 2 amide bonds. The number of halogens is 2. The van der Waals surface area contributed by atoms with Crippen LogP contribution in [0.25, 0.3) is 0 Å². The van der Waals surface area contributed by atoms with Gasteiger partial charge in [0, 0.05) is 49.0 Å². The van der Waals surface area contributed by atoms with Gasteiger partial charge in [0.15, 0.2) is 0 Å². The number of benzene rings is 2. The van der Waals surface area contributed by atoms with Crippen LogP contribution in [0.4, 0.5) is 14.9 Å². The SMILES string of the molecule is Cc1cc(Cl)ccc1N1CCN(C(=O)NCc2ccccc2F)CC1. The van der Waals surface area contributed by atoms with Crippen LogP contribution in [0, 0.1) is 12.7 Å². The number of amides is 2. The highest BCUT2D eigenvalue weighted by atomic mass is 35.5. The predicted molar refractivity (Wildman–Crippen MR) is 98.6 cm³/mol. The molecule has 1 N–H and O–H groups in total. The minimum atomic E-state index is -0.300. The molecule has 1 aliphatic rings. The van der Waals surface area contributed by atoms with Crippen LogP contribution in [0.5, 0.6) is 0 Å². The largest absolute Gasteiger partial charge is 0.368 e. The Hall–Kier alpha value is -2.27. The van der Waals surface area contributed by atoms with Gasteiger partial charge in [-0.25, -0.2) is 9.18 Å². The highest BCUT2D eigenvalue weighted by Crippen LogP contribution is 2.24. The minimum absolute atomic E-state index is 0.157.